The van der Waals surface area contributed by atoms with E-state index in [9.17, 15) is 17.6 Å². The fraction of sp³-hybridized carbons (Fsp3) is 0.588. The van der Waals surface area contributed by atoms with Gasteiger partial charge in [0.2, 0.25) is 0 Å². The Labute approximate surface area is 155 Å². The van der Waals surface area contributed by atoms with Crippen molar-refractivity contribution in [1.82, 2.24) is 15.5 Å². The van der Waals surface area contributed by atoms with E-state index in [0.29, 0.717) is 32.0 Å². The summed E-state index contributed by atoms with van der Waals surface area (Å²) >= 11 is 1.65. The highest BCUT2D eigenvalue weighted by molar-refractivity contribution is 7.99. The molecule has 1 aromatic rings. The van der Waals surface area contributed by atoms with E-state index in [4.69, 9.17) is 0 Å². The lowest BCUT2D eigenvalue weighted by molar-refractivity contribution is -0.143. The van der Waals surface area contributed by atoms with Crippen molar-refractivity contribution in [3.05, 3.63) is 30.1 Å². The number of alkyl halides is 3. The number of guanidine groups is 1. The van der Waals surface area contributed by atoms with Crippen LogP contribution >= 0.6 is 11.8 Å². The van der Waals surface area contributed by atoms with Crippen molar-refractivity contribution in [2.24, 2.45) is 4.99 Å². The maximum atomic E-state index is 12.8. The van der Waals surface area contributed by atoms with Crippen molar-refractivity contribution in [3.63, 3.8) is 0 Å². The Morgan fingerprint density at radius 2 is 2.04 bits per heavy atom. The zero-order valence-corrected chi connectivity index (χ0v) is 15.5. The second-order valence-corrected chi connectivity index (χ2v) is 7.30. The van der Waals surface area contributed by atoms with Gasteiger partial charge in [0.15, 0.2) is 5.96 Å². The predicted molar refractivity (Wildman–Crippen MR) is 97.1 cm³/mol. The third-order valence-corrected chi connectivity index (χ3v) is 5.03. The van der Waals surface area contributed by atoms with Crippen molar-refractivity contribution in [2.45, 2.75) is 30.0 Å². The minimum atomic E-state index is -4.16. The molecule has 4 nitrogen and oxygen atoms in total. The van der Waals surface area contributed by atoms with Gasteiger partial charge in [0.25, 0.3) is 0 Å². The van der Waals surface area contributed by atoms with E-state index in [0.717, 1.165) is 17.1 Å². The van der Waals surface area contributed by atoms with Gasteiger partial charge in [0, 0.05) is 37.6 Å². The normalized spacial score (nSPS) is 19.0. The first-order chi connectivity index (χ1) is 12.4. The van der Waals surface area contributed by atoms with Gasteiger partial charge in [0.1, 0.15) is 5.82 Å². The summed E-state index contributed by atoms with van der Waals surface area (Å²) in [5.74, 6) is 1.24. The summed E-state index contributed by atoms with van der Waals surface area (Å²) in [6, 6.07) is 6.35. The van der Waals surface area contributed by atoms with E-state index in [1.54, 1.807) is 30.9 Å². The number of likely N-dealkylation sites (tertiary alicyclic amines) is 1. The molecule has 0 bridgehead atoms. The highest BCUT2D eigenvalue weighted by atomic mass is 32.2. The summed E-state index contributed by atoms with van der Waals surface area (Å²) in [5.41, 5.74) is 0. The smallest absolute Gasteiger partial charge is 0.356 e. The molecule has 1 unspecified atom stereocenters. The third kappa shape index (κ3) is 7.82. The van der Waals surface area contributed by atoms with Gasteiger partial charge in [-0.15, -0.1) is 11.8 Å². The number of thioether (sulfide) groups is 1. The molecule has 0 aromatic heterocycles. The number of aliphatic imine (C=N–C) groups is 1. The summed E-state index contributed by atoms with van der Waals surface area (Å²) < 4.78 is 50.1. The number of benzene rings is 1. The largest absolute Gasteiger partial charge is 0.401 e. The lowest BCUT2D eigenvalue weighted by Crippen LogP contribution is -2.45. The van der Waals surface area contributed by atoms with Crippen molar-refractivity contribution < 1.29 is 17.6 Å². The van der Waals surface area contributed by atoms with Gasteiger partial charge >= 0.3 is 6.18 Å². The van der Waals surface area contributed by atoms with Crippen LogP contribution in [0.3, 0.4) is 0 Å². The van der Waals surface area contributed by atoms with Gasteiger partial charge in [-0.05, 0) is 42.9 Å². The highest BCUT2D eigenvalue weighted by Crippen LogP contribution is 2.20. The van der Waals surface area contributed by atoms with Crippen LogP contribution in [0.15, 0.2) is 34.2 Å². The Balaban J connectivity index is 1.61. The Morgan fingerprint density at radius 1 is 1.31 bits per heavy atom. The molecule has 0 spiro atoms. The molecule has 0 aliphatic carbocycles. The van der Waals surface area contributed by atoms with E-state index < -0.39 is 12.7 Å². The minimum absolute atomic E-state index is 0.0304. The molecule has 9 heteroatoms. The van der Waals surface area contributed by atoms with Crippen LogP contribution in [0.25, 0.3) is 0 Å². The lowest BCUT2D eigenvalue weighted by Gasteiger charge is -2.19. The molecule has 0 amide bonds. The van der Waals surface area contributed by atoms with Crippen LogP contribution in [0.4, 0.5) is 17.6 Å². The van der Waals surface area contributed by atoms with E-state index in [1.807, 2.05) is 0 Å². The topological polar surface area (TPSA) is 39.7 Å². The summed E-state index contributed by atoms with van der Waals surface area (Å²) in [5, 5.41) is 6.36. The van der Waals surface area contributed by atoms with Gasteiger partial charge < -0.3 is 10.6 Å². The van der Waals surface area contributed by atoms with Crippen LogP contribution in [0.2, 0.25) is 0 Å². The molecule has 1 aromatic carbocycles. The molecule has 1 atom stereocenters. The summed E-state index contributed by atoms with van der Waals surface area (Å²) in [4.78, 5) is 6.55. The van der Waals surface area contributed by atoms with Crippen molar-refractivity contribution in [1.29, 1.82) is 0 Å². The van der Waals surface area contributed by atoms with Crippen molar-refractivity contribution in [3.8, 4) is 0 Å². The molecule has 2 rings (SSSR count). The van der Waals surface area contributed by atoms with E-state index in [1.165, 1.54) is 17.0 Å². The number of nitrogens with zero attached hydrogens (tertiary/aromatic N) is 2. The Kier molecular flexibility index (Phi) is 8.02. The fourth-order valence-corrected chi connectivity index (χ4v) is 3.59. The van der Waals surface area contributed by atoms with Crippen molar-refractivity contribution in [2.75, 3.05) is 39.0 Å². The molecule has 1 aliphatic rings. The van der Waals surface area contributed by atoms with Crippen LogP contribution in [-0.4, -0.2) is 62.1 Å². The van der Waals surface area contributed by atoms with Crippen LogP contribution in [0.5, 0.6) is 0 Å². The number of halogens is 4. The number of hydrogen-bond acceptors (Lipinski definition) is 3. The highest BCUT2D eigenvalue weighted by Gasteiger charge is 2.34. The lowest BCUT2D eigenvalue weighted by atomic mass is 10.3. The van der Waals surface area contributed by atoms with Gasteiger partial charge in [0.05, 0.1) is 6.54 Å². The average molecular weight is 392 g/mol. The standard InChI is InChI=1S/C17H24F4N4S/c1-22-16(24-14-7-9-25(11-14)12-17(19,20)21)23-8-2-10-26-15-5-3-13(18)4-6-15/h3-6,14H,2,7-12H2,1H3,(H2,22,23,24). The molecule has 1 saturated heterocycles. The molecule has 2 N–H and O–H groups in total. The number of hydrogen-bond donors (Lipinski definition) is 2. The number of nitrogens with one attached hydrogen (secondary N) is 2. The molecule has 1 heterocycles. The van der Waals surface area contributed by atoms with Crippen LogP contribution < -0.4 is 10.6 Å². The Bertz CT molecular complexity index is 577. The second kappa shape index (κ2) is 10.0. The van der Waals surface area contributed by atoms with Gasteiger partial charge in [-0.2, -0.15) is 13.2 Å². The molecule has 26 heavy (non-hydrogen) atoms. The van der Waals surface area contributed by atoms with Crippen LogP contribution in [0, 0.1) is 5.82 Å². The first-order valence-corrected chi connectivity index (χ1v) is 9.49. The fourth-order valence-electron chi connectivity index (χ4n) is 2.74. The molecular formula is C17H24F4N4S. The molecule has 0 radical (unpaired) electrons. The van der Waals surface area contributed by atoms with E-state index >= 15 is 0 Å². The van der Waals surface area contributed by atoms with E-state index in [2.05, 4.69) is 15.6 Å². The number of rotatable bonds is 7. The summed E-state index contributed by atoms with van der Waals surface area (Å²) in [6.07, 6.45) is -2.61. The third-order valence-electron chi connectivity index (χ3n) is 3.94. The maximum Gasteiger partial charge on any atom is 0.401 e. The second-order valence-electron chi connectivity index (χ2n) is 6.14. The molecule has 1 aliphatic heterocycles. The molecule has 1 fully saturated rings. The SMILES string of the molecule is CN=C(NCCCSc1ccc(F)cc1)NC1CCN(CC(F)(F)F)C1. The van der Waals surface area contributed by atoms with Crippen molar-refractivity contribution >= 4 is 17.7 Å². The van der Waals surface area contributed by atoms with Gasteiger partial charge in [-0.3, -0.25) is 9.89 Å². The van der Waals surface area contributed by atoms with Gasteiger partial charge in [-0.25, -0.2) is 4.39 Å². The van der Waals surface area contributed by atoms with Crippen LogP contribution in [-0.2, 0) is 0 Å². The first-order valence-electron chi connectivity index (χ1n) is 8.50. The predicted octanol–water partition coefficient (Wildman–Crippen LogP) is 3.11. The minimum Gasteiger partial charge on any atom is -0.356 e. The zero-order valence-electron chi connectivity index (χ0n) is 14.7. The first kappa shape index (κ1) is 20.8. The van der Waals surface area contributed by atoms with Gasteiger partial charge in [-0.1, -0.05) is 0 Å². The Morgan fingerprint density at radius 3 is 2.69 bits per heavy atom. The zero-order chi connectivity index (χ0) is 19.0. The summed E-state index contributed by atoms with van der Waals surface area (Å²) in [7, 11) is 1.64. The molecule has 0 saturated carbocycles. The maximum absolute atomic E-state index is 12.8. The summed E-state index contributed by atoms with van der Waals surface area (Å²) in [6.45, 7) is 0.633. The van der Waals surface area contributed by atoms with E-state index in [-0.39, 0.29) is 11.9 Å². The van der Waals surface area contributed by atoms with Crippen LogP contribution in [0.1, 0.15) is 12.8 Å². The monoisotopic (exact) mass is 392 g/mol. The Hall–Kier alpha value is -1.48. The average Bonchev–Trinajstić information content (AvgIpc) is 3.00. The molecular weight excluding hydrogens is 368 g/mol. The quantitative estimate of drug-likeness (QED) is 0.246. The molecule has 146 valence electrons.